The number of nitrogens with zero attached hydrogens (tertiary/aromatic N) is 2. The van der Waals surface area contributed by atoms with Crippen molar-refractivity contribution in [2.24, 2.45) is 11.8 Å². The fourth-order valence-corrected chi connectivity index (χ4v) is 5.40. The van der Waals surface area contributed by atoms with Gasteiger partial charge in [0.1, 0.15) is 0 Å². The molecule has 3 fully saturated rings. The number of fused-ring (bicyclic) bond motifs is 1. The van der Waals surface area contributed by atoms with Crippen molar-refractivity contribution in [3.8, 4) is 0 Å². The summed E-state index contributed by atoms with van der Waals surface area (Å²) in [6.07, 6.45) is 1.24. The van der Waals surface area contributed by atoms with Gasteiger partial charge in [-0.05, 0) is 50.3 Å². The molecule has 1 saturated carbocycles. The number of piperazine rings is 1. The van der Waals surface area contributed by atoms with E-state index in [4.69, 9.17) is 0 Å². The minimum Gasteiger partial charge on any atom is -0.369 e. The molecule has 1 aromatic rings. The van der Waals surface area contributed by atoms with Crippen molar-refractivity contribution in [3.05, 3.63) is 29.8 Å². The summed E-state index contributed by atoms with van der Waals surface area (Å²) in [6, 6.07) is 6.26. The lowest BCUT2D eigenvalue weighted by Crippen LogP contribution is -2.50. The quantitative estimate of drug-likeness (QED) is 0.819. The summed E-state index contributed by atoms with van der Waals surface area (Å²) in [6.45, 7) is 5.20. The first-order chi connectivity index (χ1) is 13.8. The van der Waals surface area contributed by atoms with Gasteiger partial charge in [-0.25, -0.2) is 0 Å². The number of nitrogens with one attached hydrogen (secondary N) is 1. The monoisotopic (exact) mass is 409 g/mol. The van der Waals surface area contributed by atoms with Crippen LogP contribution < -0.4 is 10.2 Å². The van der Waals surface area contributed by atoms with E-state index in [2.05, 4.69) is 17.1 Å². The van der Waals surface area contributed by atoms with Gasteiger partial charge in [-0.3, -0.25) is 9.69 Å². The summed E-state index contributed by atoms with van der Waals surface area (Å²) in [5, 5.41) is 3.20. The number of amides is 1. The third-order valence-corrected chi connectivity index (χ3v) is 7.07. The van der Waals surface area contributed by atoms with E-state index >= 15 is 0 Å². The lowest BCUT2D eigenvalue weighted by Gasteiger charge is -2.40. The highest BCUT2D eigenvalue weighted by atomic mass is 19.4. The van der Waals surface area contributed by atoms with Crippen LogP contribution in [0.25, 0.3) is 0 Å². The largest absolute Gasteiger partial charge is 0.416 e. The molecule has 0 radical (unpaired) electrons. The molecule has 1 N–H and O–H groups in total. The zero-order valence-electron chi connectivity index (χ0n) is 16.9. The zero-order chi connectivity index (χ0) is 20.6. The molecule has 1 aromatic carbocycles. The lowest BCUT2D eigenvalue weighted by molar-refractivity contribution is -0.137. The van der Waals surface area contributed by atoms with Crippen molar-refractivity contribution in [1.29, 1.82) is 0 Å². The highest BCUT2D eigenvalue weighted by Crippen LogP contribution is 2.38. The van der Waals surface area contributed by atoms with Crippen LogP contribution in [0.5, 0.6) is 0 Å². The second kappa shape index (κ2) is 8.17. The average Bonchev–Trinajstić information content (AvgIpc) is 3.03. The molecule has 29 heavy (non-hydrogen) atoms. The maximum absolute atomic E-state index is 13.0. The molecule has 1 amide bonds. The van der Waals surface area contributed by atoms with E-state index in [9.17, 15) is 18.0 Å². The molecule has 4 atom stereocenters. The number of anilines is 1. The number of hydrogen-bond donors (Lipinski definition) is 1. The van der Waals surface area contributed by atoms with E-state index in [0.717, 1.165) is 38.4 Å². The van der Waals surface area contributed by atoms with Crippen LogP contribution in [0.2, 0.25) is 0 Å². The van der Waals surface area contributed by atoms with Gasteiger partial charge in [0.2, 0.25) is 5.91 Å². The third-order valence-electron chi connectivity index (χ3n) is 7.07. The summed E-state index contributed by atoms with van der Waals surface area (Å²) < 4.78 is 39.0. The van der Waals surface area contributed by atoms with Crippen molar-refractivity contribution in [2.75, 3.05) is 31.1 Å². The second-order valence-corrected chi connectivity index (χ2v) is 8.83. The van der Waals surface area contributed by atoms with Crippen molar-refractivity contribution in [2.45, 2.75) is 57.3 Å². The molecule has 4 rings (SSSR count). The molecular weight excluding hydrogens is 379 g/mol. The van der Waals surface area contributed by atoms with Gasteiger partial charge in [0.25, 0.3) is 0 Å². The Labute approximate surface area is 170 Å². The highest BCUT2D eigenvalue weighted by molar-refractivity contribution is 5.82. The fraction of sp³-hybridized carbons (Fsp3) is 0.682. The minimum absolute atomic E-state index is 0.108. The molecule has 0 aromatic heterocycles. The van der Waals surface area contributed by atoms with Gasteiger partial charge in [0.05, 0.1) is 5.56 Å². The van der Waals surface area contributed by atoms with Gasteiger partial charge in [-0.15, -0.1) is 0 Å². The lowest BCUT2D eigenvalue weighted by atomic mass is 9.77. The van der Waals surface area contributed by atoms with Crippen LogP contribution in [0.15, 0.2) is 24.3 Å². The second-order valence-electron chi connectivity index (χ2n) is 8.83. The fourth-order valence-electron chi connectivity index (χ4n) is 5.40. The highest BCUT2D eigenvalue weighted by Gasteiger charge is 2.43. The normalized spacial score (nSPS) is 29.4. The Hall–Kier alpha value is -1.76. The summed E-state index contributed by atoms with van der Waals surface area (Å²) in [7, 11) is 0. The maximum Gasteiger partial charge on any atom is 0.416 e. The first kappa shape index (κ1) is 20.5. The first-order valence-electron chi connectivity index (χ1n) is 10.8. The molecule has 2 saturated heterocycles. The predicted molar refractivity (Wildman–Crippen MR) is 107 cm³/mol. The van der Waals surface area contributed by atoms with Gasteiger partial charge < -0.3 is 10.2 Å². The van der Waals surface area contributed by atoms with Crippen LogP contribution in [0.1, 0.15) is 44.6 Å². The standard InChI is InChI=1S/C22H30F3N3O/c1-15(13-19-18-7-2-3-8-20(18)26-21(19)29)27-9-11-28(12-10-27)17-6-4-5-16(14-17)22(23,24)25/h4-6,14-15,18-20H,2-3,7-13H2,1H3,(H,26,29)/t15?,18-,19?,20+/m0/s1. The summed E-state index contributed by atoms with van der Waals surface area (Å²) in [5.74, 6) is 0.804. The predicted octanol–water partition coefficient (Wildman–Crippen LogP) is 3.91. The molecule has 7 heteroatoms. The molecule has 2 unspecified atom stereocenters. The Bertz CT molecular complexity index is 730. The Morgan fingerprint density at radius 1 is 1.14 bits per heavy atom. The third kappa shape index (κ3) is 4.39. The molecule has 160 valence electrons. The SMILES string of the molecule is CC(CC1C(=O)N[C@@H]2CCCC[C@@H]12)N1CCN(c2cccc(C(F)(F)F)c2)CC1. The Kier molecular flexibility index (Phi) is 5.78. The van der Waals surface area contributed by atoms with Gasteiger partial charge in [0, 0.05) is 49.9 Å². The summed E-state index contributed by atoms with van der Waals surface area (Å²) in [4.78, 5) is 16.9. The van der Waals surface area contributed by atoms with Gasteiger partial charge in [0.15, 0.2) is 0 Å². The van der Waals surface area contributed by atoms with Crippen LogP contribution in [-0.4, -0.2) is 49.1 Å². The number of carbonyl (C=O) groups is 1. The number of rotatable bonds is 4. The van der Waals surface area contributed by atoms with Crippen molar-refractivity contribution in [3.63, 3.8) is 0 Å². The molecule has 1 aliphatic carbocycles. The van der Waals surface area contributed by atoms with Crippen molar-refractivity contribution < 1.29 is 18.0 Å². The molecular formula is C22H30F3N3O. The van der Waals surface area contributed by atoms with E-state index in [-0.39, 0.29) is 11.8 Å². The van der Waals surface area contributed by atoms with E-state index < -0.39 is 11.7 Å². The van der Waals surface area contributed by atoms with E-state index in [1.807, 2.05) is 4.90 Å². The number of hydrogen-bond acceptors (Lipinski definition) is 3. The Morgan fingerprint density at radius 3 is 2.59 bits per heavy atom. The van der Waals surface area contributed by atoms with Gasteiger partial charge in [-0.2, -0.15) is 13.2 Å². The van der Waals surface area contributed by atoms with Crippen molar-refractivity contribution in [1.82, 2.24) is 10.2 Å². The molecule has 4 nitrogen and oxygen atoms in total. The first-order valence-corrected chi connectivity index (χ1v) is 10.8. The van der Waals surface area contributed by atoms with Crippen molar-refractivity contribution >= 4 is 11.6 Å². The number of halogens is 3. The van der Waals surface area contributed by atoms with Crippen LogP contribution in [0.4, 0.5) is 18.9 Å². The van der Waals surface area contributed by atoms with E-state index in [1.54, 1.807) is 6.07 Å². The molecule has 0 bridgehead atoms. The summed E-state index contributed by atoms with van der Waals surface area (Å²) in [5.41, 5.74) is 0.0347. The number of benzene rings is 1. The topological polar surface area (TPSA) is 35.6 Å². The van der Waals surface area contributed by atoms with Crippen LogP contribution in [0, 0.1) is 11.8 Å². The van der Waals surface area contributed by atoms with Crippen LogP contribution in [-0.2, 0) is 11.0 Å². The van der Waals surface area contributed by atoms with E-state index in [0.29, 0.717) is 36.8 Å². The number of carbonyl (C=O) groups excluding carboxylic acids is 1. The van der Waals surface area contributed by atoms with Crippen LogP contribution in [0.3, 0.4) is 0 Å². The molecule has 2 heterocycles. The van der Waals surface area contributed by atoms with Gasteiger partial charge in [-0.1, -0.05) is 18.9 Å². The Balaban J connectivity index is 1.33. The average molecular weight is 409 g/mol. The van der Waals surface area contributed by atoms with E-state index in [1.165, 1.54) is 25.0 Å². The van der Waals surface area contributed by atoms with Gasteiger partial charge >= 0.3 is 6.18 Å². The number of alkyl halides is 3. The maximum atomic E-state index is 13.0. The minimum atomic E-state index is -4.31. The smallest absolute Gasteiger partial charge is 0.369 e. The molecule has 2 aliphatic heterocycles. The van der Waals surface area contributed by atoms with Crippen LogP contribution >= 0.6 is 0 Å². The molecule has 0 spiro atoms. The molecule has 3 aliphatic rings. The summed E-state index contributed by atoms with van der Waals surface area (Å²) >= 11 is 0. The Morgan fingerprint density at radius 2 is 1.86 bits per heavy atom. The zero-order valence-corrected chi connectivity index (χ0v) is 16.9.